The second-order valence-corrected chi connectivity index (χ2v) is 12.0. The molecule has 0 saturated carbocycles. The Kier molecular flexibility index (Phi) is 13.0. The van der Waals surface area contributed by atoms with Gasteiger partial charge in [0.2, 0.25) is 11.9 Å². The van der Waals surface area contributed by atoms with Crippen molar-refractivity contribution >= 4 is 46.5 Å². The molecule has 3 heterocycles. The summed E-state index contributed by atoms with van der Waals surface area (Å²) in [7, 11) is 3.16. The SMILES string of the molecule is C.CC.CCC(=O)Nc1ccc(CN2C(=O)N(c3cc(OC)cc(OC)c3)Cc3cnc(Nc4ccc(N5CCC(C)CC5)cc4)nc32)cc1. The number of carbonyl (C=O) groups is 2. The van der Waals surface area contributed by atoms with Crippen LogP contribution in [0.5, 0.6) is 11.5 Å². The highest BCUT2D eigenvalue weighted by atomic mass is 16.5. The Bertz CT molecular complexity index is 1700. The molecule has 1 aromatic heterocycles. The summed E-state index contributed by atoms with van der Waals surface area (Å²) >= 11 is 0. The van der Waals surface area contributed by atoms with E-state index in [1.807, 2.05) is 57.2 Å². The number of piperidine rings is 1. The first kappa shape index (κ1) is 37.5. The highest BCUT2D eigenvalue weighted by molar-refractivity contribution is 6.05. The maximum atomic E-state index is 14.2. The summed E-state index contributed by atoms with van der Waals surface area (Å²) in [4.78, 5) is 41.4. The van der Waals surface area contributed by atoms with E-state index in [4.69, 9.17) is 14.5 Å². The molecule has 11 heteroatoms. The Morgan fingerprint density at radius 1 is 0.900 bits per heavy atom. The summed E-state index contributed by atoms with van der Waals surface area (Å²) in [6, 6.07) is 20.9. The summed E-state index contributed by atoms with van der Waals surface area (Å²) in [6.45, 7) is 10.8. The third-order valence-electron chi connectivity index (χ3n) is 8.71. The number of aromatic nitrogens is 2. The molecule has 2 aliphatic heterocycles. The van der Waals surface area contributed by atoms with Crippen LogP contribution in [0.25, 0.3) is 0 Å². The Morgan fingerprint density at radius 3 is 2.12 bits per heavy atom. The first-order chi connectivity index (χ1) is 23.8. The molecule has 0 atom stereocenters. The van der Waals surface area contributed by atoms with Gasteiger partial charge >= 0.3 is 6.03 Å². The number of nitrogens with one attached hydrogen (secondary N) is 2. The van der Waals surface area contributed by atoms with Gasteiger partial charge in [0.05, 0.1) is 33.0 Å². The average Bonchev–Trinajstić information content (AvgIpc) is 3.14. The molecule has 0 unspecified atom stereocenters. The zero-order valence-corrected chi connectivity index (χ0v) is 29.3. The fourth-order valence-electron chi connectivity index (χ4n) is 5.85. The number of nitrogens with zero attached hydrogens (tertiary/aromatic N) is 5. The van der Waals surface area contributed by atoms with Gasteiger partial charge < -0.3 is 25.0 Å². The number of carbonyl (C=O) groups excluding carboxylic acids is 2. The van der Waals surface area contributed by atoms with Crippen LogP contribution in [0.15, 0.2) is 72.9 Å². The Balaban J connectivity index is 0.00000184. The van der Waals surface area contributed by atoms with Crippen molar-refractivity contribution < 1.29 is 19.1 Å². The minimum atomic E-state index is -0.249. The van der Waals surface area contributed by atoms with Gasteiger partial charge in [0.1, 0.15) is 17.3 Å². The molecular weight excluding hydrogens is 630 g/mol. The van der Waals surface area contributed by atoms with E-state index in [0.29, 0.717) is 41.1 Å². The van der Waals surface area contributed by atoms with Gasteiger partial charge in [-0.05, 0) is 60.7 Å². The van der Waals surface area contributed by atoms with Crippen molar-refractivity contribution in [2.45, 2.75) is 67.5 Å². The smallest absolute Gasteiger partial charge is 0.330 e. The summed E-state index contributed by atoms with van der Waals surface area (Å²) in [5, 5.41) is 6.20. The summed E-state index contributed by atoms with van der Waals surface area (Å²) < 4.78 is 11.0. The number of hydrogen-bond donors (Lipinski definition) is 2. The van der Waals surface area contributed by atoms with Gasteiger partial charge in [0.15, 0.2) is 0 Å². The predicted molar refractivity (Wildman–Crippen MR) is 203 cm³/mol. The van der Waals surface area contributed by atoms with Crippen LogP contribution >= 0.6 is 0 Å². The van der Waals surface area contributed by atoms with E-state index in [1.54, 1.807) is 48.4 Å². The standard InChI is InChI=1S/C36H41N7O4.C2H6.CH4/c1-5-33(44)38-27-8-6-25(7-9-27)22-43-34-26(23-42(36(43)45)30-18-31(46-3)20-32(19-30)47-4)21-37-35(40-34)39-28-10-12-29(13-11-28)41-16-14-24(2)15-17-41;1-2;/h6-13,18-21,24H,5,14-17,22-23H2,1-4H3,(H,38,44)(H,37,39,40);1-2H3;1H4. The number of rotatable bonds is 10. The molecule has 2 aliphatic rings. The third kappa shape index (κ3) is 8.82. The minimum absolute atomic E-state index is 0. The van der Waals surface area contributed by atoms with Gasteiger partial charge in [-0.3, -0.25) is 14.6 Å². The van der Waals surface area contributed by atoms with Crippen LogP contribution in [0.3, 0.4) is 0 Å². The lowest BCUT2D eigenvalue weighted by Crippen LogP contribution is -2.47. The van der Waals surface area contributed by atoms with E-state index in [-0.39, 0.29) is 32.5 Å². The minimum Gasteiger partial charge on any atom is -0.497 e. The average molecular weight is 682 g/mol. The van der Waals surface area contributed by atoms with Gasteiger partial charge in [-0.15, -0.1) is 0 Å². The van der Waals surface area contributed by atoms with E-state index in [2.05, 4.69) is 39.6 Å². The largest absolute Gasteiger partial charge is 0.497 e. The lowest BCUT2D eigenvalue weighted by molar-refractivity contribution is -0.115. The Hall–Kier alpha value is -5.32. The molecule has 0 spiro atoms. The normalized spacial score (nSPS) is 14.1. The number of methoxy groups -OCH3 is 2. The number of hydrogen-bond acceptors (Lipinski definition) is 8. The van der Waals surface area contributed by atoms with Crippen molar-refractivity contribution in [3.63, 3.8) is 0 Å². The van der Waals surface area contributed by atoms with Crippen LogP contribution < -0.4 is 34.8 Å². The summed E-state index contributed by atoms with van der Waals surface area (Å²) in [6.07, 6.45) is 4.58. The fourth-order valence-corrected chi connectivity index (χ4v) is 5.85. The zero-order chi connectivity index (χ0) is 34.9. The quantitative estimate of drug-likeness (QED) is 0.171. The summed E-state index contributed by atoms with van der Waals surface area (Å²) in [5.74, 6) is 2.79. The van der Waals surface area contributed by atoms with Crippen LogP contribution in [-0.4, -0.2) is 49.2 Å². The van der Waals surface area contributed by atoms with Gasteiger partial charge in [-0.2, -0.15) is 4.98 Å². The van der Waals surface area contributed by atoms with Crippen molar-refractivity contribution in [3.8, 4) is 11.5 Å². The first-order valence-corrected chi connectivity index (χ1v) is 17.0. The molecular formula is C39H51N7O4. The number of ether oxygens (including phenoxy) is 2. The number of anilines is 6. The summed E-state index contributed by atoms with van der Waals surface area (Å²) in [5.41, 5.74) is 5.07. The Morgan fingerprint density at radius 2 is 1.52 bits per heavy atom. The van der Waals surface area contributed by atoms with Crippen molar-refractivity contribution in [2.24, 2.45) is 5.92 Å². The van der Waals surface area contributed by atoms with Crippen LogP contribution in [-0.2, 0) is 17.9 Å². The molecule has 50 heavy (non-hydrogen) atoms. The molecule has 1 fully saturated rings. The molecule has 2 N–H and O–H groups in total. The van der Waals surface area contributed by atoms with Crippen molar-refractivity contribution in [1.82, 2.24) is 9.97 Å². The van der Waals surface area contributed by atoms with Gasteiger partial charge in [0.25, 0.3) is 0 Å². The van der Waals surface area contributed by atoms with Gasteiger partial charge in [-0.25, -0.2) is 9.78 Å². The lowest BCUT2D eigenvalue weighted by Gasteiger charge is -2.36. The lowest BCUT2D eigenvalue weighted by atomic mass is 9.99. The van der Waals surface area contributed by atoms with Crippen LogP contribution in [0, 0.1) is 5.92 Å². The predicted octanol–water partition coefficient (Wildman–Crippen LogP) is 8.63. The highest BCUT2D eigenvalue weighted by Gasteiger charge is 2.34. The topological polar surface area (TPSA) is 112 Å². The van der Waals surface area contributed by atoms with E-state index < -0.39 is 0 Å². The second-order valence-electron chi connectivity index (χ2n) is 12.0. The van der Waals surface area contributed by atoms with Crippen molar-refractivity contribution in [3.05, 3.63) is 84.1 Å². The maximum Gasteiger partial charge on any atom is 0.330 e. The number of fused-ring (bicyclic) bond motifs is 1. The molecule has 11 nitrogen and oxygen atoms in total. The van der Waals surface area contributed by atoms with Gasteiger partial charge in [-0.1, -0.05) is 47.3 Å². The fraction of sp³-hybridized carbons (Fsp3) is 0.385. The van der Waals surface area contributed by atoms with E-state index >= 15 is 0 Å². The Labute approximate surface area is 296 Å². The second kappa shape index (κ2) is 17.4. The van der Waals surface area contributed by atoms with E-state index in [0.717, 1.165) is 35.8 Å². The number of amides is 3. The van der Waals surface area contributed by atoms with Crippen molar-refractivity contribution in [1.29, 1.82) is 0 Å². The van der Waals surface area contributed by atoms with Crippen LogP contribution in [0.4, 0.5) is 39.3 Å². The number of benzene rings is 3. The van der Waals surface area contributed by atoms with E-state index in [9.17, 15) is 9.59 Å². The van der Waals surface area contributed by atoms with E-state index in [1.165, 1.54) is 18.5 Å². The molecule has 3 aromatic carbocycles. The molecule has 3 amide bonds. The molecule has 266 valence electrons. The third-order valence-corrected chi connectivity index (χ3v) is 8.71. The molecule has 4 aromatic rings. The van der Waals surface area contributed by atoms with Crippen molar-refractivity contribution in [2.75, 3.05) is 52.6 Å². The molecule has 6 rings (SSSR count). The highest BCUT2D eigenvalue weighted by Crippen LogP contribution is 2.36. The molecule has 0 bridgehead atoms. The molecule has 0 aliphatic carbocycles. The first-order valence-electron chi connectivity index (χ1n) is 17.0. The van der Waals surface area contributed by atoms with Crippen LogP contribution in [0.2, 0.25) is 0 Å². The molecule has 1 saturated heterocycles. The monoisotopic (exact) mass is 681 g/mol. The van der Waals surface area contributed by atoms with Gasteiger partial charge in [0, 0.05) is 66.5 Å². The zero-order valence-electron chi connectivity index (χ0n) is 29.3. The number of urea groups is 1. The van der Waals surface area contributed by atoms with Crippen LogP contribution in [0.1, 0.15) is 65.5 Å². The maximum absolute atomic E-state index is 14.2. The molecule has 0 radical (unpaired) electrons.